The van der Waals surface area contributed by atoms with Crippen molar-refractivity contribution in [3.8, 4) is 67.5 Å². The highest BCUT2D eigenvalue weighted by molar-refractivity contribution is 7.90. The highest BCUT2D eigenvalue weighted by atomic mass is 32.2. The molecule has 11 aromatic heterocycles. The van der Waals surface area contributed by atoms with Crippen molar-refractivity contribution in [2.75, 3.05) is 22.2 Å². The summed E-state index contributed by atoms with van der Waals surface area (Å²) >= 11 is 0. The summed E-state index contributed by atoms with van der Waals surface area (Å²) in [7, 11) is -3.72. The molecule has 0 aliphatic carbocycles. The number of nitrogens with zero attached hydrogens (tertiary/aromatic N) is 13. The van der Waals surface area contributed by atoms with Gasteiger partial charge in [-0.15, -0.1) is 15.3 Å². The molecule has 0 bridgehead atoms. The van der Waals surface area contributed by atoms with Crippen LogP contribution in [-0.2, 0) is 51.9 Å². The number of H-pyrrole nitrogens is 1. The van der Waals surface area contributed by atoms with E-state index in [4.69, 9.17) is 25.1 Å². The molecule has 0 saturated carbocycles. The second-order valence-corrected chi connectivity index (χ2v) is 25.4. The van der Waals surface area contributed by atoms with E-state index in [0.29, 0.717) is 61.3 Å². The first-order chi connectivity index (χ1) is 48.7. The number of pyridine rings is 5. The number of hydrogen-bond donors (Lipinski definition) is 4. The number of benzene rings is 4. The molecule has 0 radical (unpaired) electrons. The van der Waals surface area contributed by atoms with Crippen molar-refractivity contribution < 1.29 is 18.0 Å². The van der Waals surface area contributed by atoms with E-state index in [-0.39, 0.29) is 22.3 Å². The van der Waals surface area contributed by atoms with Crippen molar-refractivity contribution in [1.82, 2.24) is 68.7 Å². The summed E-state index contributed by atoms with van der Waals surface area (Å²) in [4.78, 5) is 69.3. The third-order valence-corrected chi connectivity index (χ3v) is 17.1. The Morgan fingerprint density at radius 2 is 0.820 bits per heavy atom. The van der Waals surface area contributed by atoms with Crippen LogP contribution in [0.25, 0.3) is 84.1 Å². The second-order valence-electron chi connectivity index (χ2n) is 23.4. The molecule has 22 nitrogen and oxygen atoms in total. The first-order valence-corrected chi connectivity index (χ1v) is 33.8. The van der Waals surface area contributed by atoms with Gasteiger partial charge in [0.2, 0.25) is 0 Å². The fourth-order valence-electron chi connectivity index (χ4n) is 11.4. The van der Waals surface area contributed by atoms with Gasteiger partial charge >= 0.3 is 0 Å². The van der Waals surface area contributed by atoms with Crippen molar-refractivity contribution in [1.29, 1.82) is 0 Å². The molecule has 23 heteroatoms. The van der Waals surface area contributed by atoms with E-state index in [2.05, 4.69) is 76.3 Å². The fraction of sp³-hybridized carbons (Fsp3) is 0.104. The zero-order valence-corrected chi connectivity index (χ0v) is 55.4. The van der Waals surface area contributed by atoms with E-state index >= 15 is 0 Å². The Morgan fingerprint density at radius 1 is 0.430 bits per heavy atom. The summed E-state index contributed by atoms with van der Waals surface area (Å²) in [6.07, 6.45) is 17.5. The maximum atomic E-state index is 12.1. The molecule has 11 heterocycles. The molecule has 0 unspecified atom stereocenters. The van der Waals surface area contributed by atoms with Crippen LogP contribution in [0.4, 0.5) is 17.5 Å². The Morgan fingerprint density at radius 3 is 1.23 bits per heavy atom. The SMILES string of the molecule is CC(=O)Cc1cccc(-c2nc(NCc3ccccn3)c3c(-c4ccccc4)ccn3n2)c1.CC(=O)Cc1cncc(-c2nc(NCc3ccccn3)c3c(-c4ccccc4)ccn3n2)c1.CS(=O)(=O)c1cc(-c2nc(NCc3ccccn3)c3c(-c4ccccc4)ccn3n2)c[nH]c1=O. The van der Waals surface area contributed by atoms with Crippen LogP contribution in [0.2, 0.25) is 0 Å². The molecule has 4 N–H and O–H groups in total. The van der Waals surface area contributed by atoms with Crippen LogP contribution in [-0.4, -0.2) is 95.0 Å². The standard InChI is InChI=1S/C27H23N5O.C26H22N6O.C24H20N6O3S/c1-19(33)16-20-8-7-11-22(17-20)26-30-27(29-18-23-12-5-6-14-28-23)25-24(13-15-32(25)31-26)21-9-3-2-4-10-21;1-18(33)13-19-14-21(16-27-15-19)25-30-26(29-17-22-9-5-6-11-28-22)24-23(10-12-32(24)31-25)20-7-3-2-4-8-20;1-34(32,33)20-13-17(14-27-24(20)31)22-28-23(26-15-18-9-5-6-11-25-18)21-19(10-12-30(21)29-22)16-7-3-2-4-8-16/h2-15,17H,16,18H2,1H3,(H,29,30,31);2-12,14-16H,13,17H2,1H3,(H,29,30,31);2-14H,15H2,1H3,(H,27,31)(H,26,28,29). The van der Waals surface area contributed by atoms with Crippen LogP contribution in [0.1, 0.15) is 42.1 Å². The highest BCUT2D eigenvalue weighted by Gasteiger charge is 2.21. The first-order valence-electron chi connectivity index (χ1n) is 32.0. The Kier molecular flexibility index (Phi) is 19.7. The molecule has 15 rings (SSSR count). The van der Waals surface area contributed by atoms with Gasteiger partial charge in [0.05, 0.1) is 36.7 Å². The minimum Gasteiger partial charge on any atom is -0.363 e. The molecule has 0 amide bonds. The molecule has 4 aromatic carbocycles. The van der Waals surface area contributed by atoms with E-state index in [1.807, 2.05) is 191 Å². The Balaban J connectivity index is 0.000000134. The number of anilines is 3. The van der Waals surface area contributed by atoms with Crippen molar-refractivity contribution in [3.05, 3.63) is 295 Å². The third kappa shape index (κ3) is 15.6. The lowest BCUT2D eigenvalue weighted by atomic mass is 10.1. The highest BCUT2D eigenvalue weighted by Crippen LogP contribution is 2.35. The summed E-state index contributed by atoms with van der Waals surface area (Å²) < 4.78 is 29.5. The van der Waals surface area contributed by atoms with Gasteiger partial charge in [0.15, 0.2) is 44.8 Å². The van der Waals surface area contributed by atoms with Gasteiger partial charge in [0.25, 0.3) is 5.56 Å². The molecule has 100 heavy (non-hydrogen) atoms. The van der Waals surface area contributed by atoms with Gasteiger partial charge in [0.1, 0.15) is 33.0 Å². The zero-order valence-electron chi connectivity index (χ0n) is 54.5. The van der Waals surface area contributed by atoms with Gasteiger partial charge in [-0.25, -0.2) is 36.9 Å². The van der Waals surface area contributed by atoms with Gasteiger partial charge in [0, 0.05) is 108 Å². The Hall–Kier alpha value is -13.0. The number of ketones is 2. The number of carbonyl (C=O) groups is 2. The number of nitrogens with one attached hydrogen (secondary N) is 4. The predicted molar refractivity (Wildman–Crippen MR) is 387 cm³/mol. The number of carbonyl (C=O) groups excluding carboxylic acids is 2. The van der Waals surface area contributed by atoms with Gasteiger partial charge in [-0.05, 0) is 114 Å². The van der Waals surface area contributed by atoms with E-state index in [0.717, 1.165) is 101 Å². The quantitative estimate of drug-likeness (QED) is 0.0552. The van der Waals surface area contributed by atoms with Crippen LogP contribution in [0, 0.1) is 0 Å². The molecule has 0 saturated heterocycles. The molecule has 0 aliphatic heterocycles. The number of hydrogen-bond acceptors (Lipinski definition) is 18. The zero-order chi connectivity index (χ0) is 69.0. The lowest BCUT2D eigenvalue weighted by Crippen LogP contribution is -2.16. The average molecular weight is 1340 g/mol. The summed E-state index contributed by atoms with van der Waals surface area (Å²) in [5.41, 5.74) is 14.5. The van der Waals surface area contributed by atoms with E-state index in [1.54, 1.807) is 49.3 Å². The monoisotopic (exact) mass is 1340 g/mol. The molecule has 0 aliphatic rings. The van der Waals surface area contributed by atoms with Gasteiger partial charge in [-0.3, -0.25) is 34.3 Å². The molecule has 0 atom stereocenters. The van der Waals surface area contributed by atoms with Gasteiger partial charge in [-0.2, -0.15) is 0 Å². The number of fused-ring (bicyclic) bond motifs is 3. The fourth-order valence-corrected chi connectivity index (χ4v) is 12.1. The van der Waals surface area contributed by atoms with Crippen LogP contribution in [0.3, 0.4) is 0 Å². The summed E-state index contributed by atoms with van der Waals surface area (Å²) in [6.45, 7) is 4.65. The number of aromatic nitrogens is 14. The summed E-state index contributed by atoms with van der Waals surface area (Å²) in [5, 5.41) is 24.4. The molecular weight excluding hydrogens is 1280 g/mol. The lowest BCUT2D eigenvalue weighted by Gasteiger charge is -2.12. The number of sulfone groups is 1. The Labute approximate surface area is 574 Å². The maximum Gasteiger partial charge on any atom is 0.266 e. The molecular formula is C77H65N17O5S. The van der Waals surface area contributed by atoms with Crippen molar-refractivity contribution in [2.45, 2.75) is 51.2 Å². The normalized spacial score (nSPS) is 11.2. The molecule has 15 aromatic rings. The number of rotatable bonds is 20. The average Bonchev–Trinajstić information content (AvgIpc) is 1.58. The molecule has 0 spiro atoms. The smallest absolute Gasteiger partial charge is 0.266 e. The third-order valence-electron chi connectivity index (χ3n) is 15.9. The molecule has 0 fully saturated rings. The lowest BCUT2D eigenvalue weighted by molar-refractivity contribution is -0.117. The van der Waals surface area contributed by atoms with E-state index in [9.17, 15) is 22.8 Å². The minimum atomic E-state index is -3.72. The summed E-state index contributed by atoms with van der Waals surface area (Å²) in [6, 6.07) is 64.7. The van der Waals surface area contributed by atoms with Crippen molar-refractivity contribution >= 4 is 55.4 Å². The van der Waals surface area contributed by atoms with Gasteiger partial charge < -0.3 is 20.9 Å². The van der Waals surface area contributed by atoms with E-state index in [1.165, 1.54) is 12.3 Å². The number of aromatic amines is 1. The topological polar surface area (TPSA) is 279 Å². The van der Waals surface area contributed by atoms with Crippen molar-refractivity contribution in [3.63, 3.8) is 0 Å². The van der Waals surface area contributed by atoms with E-state index < -0.39 is 15.4 Å². The van der Waals surface area contributed by atoms with Crippen LogP contribution < -0.4 is 21.5 Å². The molecule has 494 valence electrons. The predicted octanol–water partition coefficient (Wildman–Crippen LogP) is 13.0. The number of Topliss-reactive ketones (excluding diaryl/α,β-unsaturated/α-hetero) is 2. The van der Waals surface area contributed by atoms with Crippen LogP contribution in [0.5, 0.6) is 0 Å². The second kappa shape index (κ2) is 30.0. The van der Waals surface area contributed by atoms with Crippen LogP contribution in [0.15, 0.2) is 266 Å². The largest absolute Gasteiger partial charge is 0.363 e. The maximum absolute atomic E-state index is 12.1. The first kappa shape index (κ1) is 65.6. The minimum absolute atomic E-state index is 0.0842. The Bertz CT molecular complexity index is 5350. The van der Waals surface area contributed by atoms with Gasteiger partial charge in [-0.1, -0.05) is 127 Å². The van der Waals surface area contributed by atoms with Crippen molar-refractivity contribution in [2.24, 2.45) is 0 Å². The summed E-state index contributed by atoms with van der Waals surface area (Å²) in [5.74, 6) is 3.56. The van der Waals surface area contributed by atoms with Crippen LogP contribution >= 0.6 is 0 Å².